The van der Waals surface area contributed by atoms with E-state index in [1.807, 2.05) is 0 Å². The zero-order valence-electron chi connectivity index (χ0n) is 9.13. The predicted molar refractivity (Wildman–Crippen MR) is 60.9 cm³/mol. The van der Waals surface area contributed by atoms with E-state index >= 15 is 0 Å². The van der Waals surface area contributed by atoms with Crippen molar-refractivity contribution in [2.45, 2.75) is 63.6 Å². The normalized spacial score (nSPS) is 29.5. The standard InChI is InChI=1S/C12H22N2/c1-3-6-11(4-2)14-12-8-5-7-10(13)9-12/h2,10-12,14H,3,5-9,13H2,1H3. The number of nitrogens with one attached hydrogen (secondary N) is 1. The van der Waals surface area contributed by atoms with Gasteiger partial charge in [0, 0.05) is 12.1 Å². The summed E-state index contributed by atoms with van der Waals surface area (Å²) in [7, 11) is 0. The van der Waals surface area contributed by atoms with Crippen molar-refractivity contribution in [3.63, 3.8) is 0 Å². The molecule has 0 aromatic heterocycles. The topological polar surface area (TPSA) is 38.0 Å². The van der Waals surface area contributed by atoms with Gasteiger partial charge in [-0.3, -0.25) is 0 Å². The van der Waals surface area contributed by atoms with Crippen LogP contribution in [0.2, 0.25) is 0 Å². The van der Waals surface area contributed by atoms with Crippen LogP contribution in [0.3, 0.4) is 0 Å². The van der Waals surface area contributed by atoms with Crippen LogP contribution in [0.25, 0.3) is 0 Å². The van der Waals surface area contributed by atoms with E-state index < -0.39 is 0 Å². The number of nitrogens with two attached hydrogens (primary N) is 1. The van der Waals surface area contributed by atoms with Gasteiger partial charge >= 0.3 is 0 Å². The van der Waals surface area contributed by atoms with Crippen LogP contribution in [0, 0.1) is 12.3 Å². The van der Waals surface area contributed by atoms with Crippen LogP contribution in [0.15, 0.2) is 0 Å². The van der Waals surface area contributed by atoms with Crippen molar-refractivity contribution in [1.82, 2.24) is 5.32 Å². The third kappa shape index (κ3) is 3.69. The molecule has 0 saturated heterocycles. The molecule has 1 aliphatic rings. The molecule has 0 bridgehead atoms. The Balaban J connectivity index is 2.30. The molecule has 0 aromatic carbocycles. The summed E-state index contributed by atoms with van der Waals surface area (Å²) in [5.74, 6) is 2.81. The second kappa shape index (κ2) is 6.06. The van der Waals surface area contributed by atoms with Gasteiger partial charge in [0.1, 0.15) is 0 Å². The van der Waals surface area contributed by atoms with Crippen LogP contribution in [0.1, 0.15) is 45.4 Å². The molecular formula is C12H22N2. The molecule has 0 spiro atoms. The maximum absolute atomic E-state index is 5.92. The molecule has 0 aliphatic heterocycles. The maximum Gasteiger partial charge on any atom is 0.0688 e. The summed E-state index contributed by atoms with van der Waals surface area (Å²) in [4.78, 5) is 0. The molecule has 0 heterocycles. The summed E-state index contributed by atoms with van der Waals surface area (Å²) in [5.41, 5.74) is 5.92. The number of hydrogen-bond acceptors (Lipinski definition) is 2. The van der Waals surface area contributed by atoms with Gasteiger partial charge in [-0.15, -0.1) is 6.42 Å². The molecule has 3 N–H and O–H groups in total. The van der Waals surface area contributed by atoms with Crippen LogP contribution in [-0.4, -0.2) is 18.1 Å². The molecule has 1 rings (SSSR count). The second-order valence-electron chi connectivity index (χ2n) is 4.30. The van der Waals surface area contributed by atoms with Crippen LogP contribution in [0.5, 0.6) is 0 Å². The fourth-order valence-electron chi connectivity index (χ4n) is 2.17. The van der Waals surface area contributed by atoms with Gasteiger partial charge < -0.3 is 11.1 Å². The van der Waals surface area contributed by atoms with E-state index in [1.54, 1.807) is 0 Å². The molecule has 0 amide bonds. The van der Waals surface area contributed by atoms with E-state index in [1.165, 1.54) is 19.3 Å². The first-order valence-electron chi connectivity index (χ1n) is 5.74. The van der Waals surface area contributed by atoms with E-state index in [0.29, 0.717) is 12.1 Å². The lowest BCUT2D eigenvalue weighted by molar-refractivity contribution is 0.323. The van der Waals surface area contributed by atoms with Gasteiger partial charge in [-0.05, 0) is 25.7 Å². The number of rotatable bonds is 4. The summed E-state index contributed by atoms with van der Waals surface area (Å²) < 4.78 is 0. The van der Waals surface area contributed by atoms with Gasteiger partial charge in [0.05, 0.1) is 6.04 Å². The van der Waals surface area contributed by atoms with E-state index in [9.17, 15) is 0 Å². The second-order valence-corrected chi connectivity index (χ2v) is 4.30. The Kier molecular flexibility index (Phi) is 5.00. The summed E-state index contributed by atoms with van der Waals surface area (Å²) >= 11 is 0. The fourth-order valence-corrected chi connectivity index (χ4v) is 2.17. The van der Waals surface area contributed by atoms with Gasteiger partial charge in [-0.2, -0.15) is 0 Å². The highest BCUT2D eigenvalue weighted by atomic mass is 15.0. The minimum Gasteiger partial charge on any atom is -0.328 e. The average molecular weight is 194 g/mol. The molecule has 1 aliphatic carbocycles. The van der Waals surface area contributed by atoms with Crippen molar-refractivity contribution in [2.75, 3.05) is 0 Å². The van der Waals surface area contributed by atoms with Crippen molar-refractivity contribution >= 4 is 0 Å². The molecule has 3 unspecified atom stereocenters. The average Bonchev–Trinajstić information content (AvgIpc) is 2.17. The highest BCUT2D eigenvalue weighted by Gasteiger charge is 2.20. The Bertz CT molecular complexity index is 195. The monoisotopic (exact) mass is 194 g/mol. The zero-order chi connectivity index (χ0) is 10.4. The highest BCUT2D eigenvalue weighted by Crippen LogP contribution is 2.17. The lowest BCUT2D eigenvalue weighted by Crippen LogP contribution is -2.43. The Morgan fingerprint density at radius 3 is 2.93 bits per heavy atom. The quantitative estimate of drug-likeness (QED) is 0.668. The maximum atomic E-state index is 5.92. The van der Waals surface area contributed by atoms with Gasteiger partial charge in [0.25, 0.3) is 0 Å². The molecule has 1 fully saturated rings. The fraction of sp³-hybridized carbons (Fsp3) is 0.833. The van der Waals surface area contributed by atoms with Crippen molar-refractivity contribution in [1.29, 1.82) is 0 Å². The van der Waals surface area contributed by atoms with E-state index in [-0.39, 0.29) is 6.04 Å². The Morgan fingerprint density at radius 1 is 1.57 bits per heavy atom. The zero-order valence-corrected chi connectivity index (χ0v) is 9.13. The molecule has 3 atom stereocenters. The Morgan fingerprint density at radius 2 is 2.36 bits per heavy atom. The summed E-state index contributed by atoms with van der Waals surface area (Å²) in [6, 6.07) is 1.17. The number of terminal acetylenes is 1. The summed E-state index contributed by atoms with van der Waals surface area (Å²) in [5, 5.41) is 3.52. The molecule has 2 heteroatoms. The van der Waals surface area contributed by atoms with Crippen LogP contribution >= 0.6 is 0 Å². The van der Waals surface area contributed by atoms with Gasteiger partial charge in [-0.1, -0.05) is 25.7 Å². The highest BCUT2D eigenvalue weighted by molar-refractivity contribution is 5.00. The molecule has 14 heavy (non-hydrogen) atoms. The van der Waals surface area contributed by atoms with Crippen LogP contribution in [-0.2, 0) is 0 Å². The number of hydrogen-bond donors (Lipinski definition) is 2. The molecular weight excluding hydrogens is 172 g/mol. The van der Waals surface area contributed by atoms with Gasteiger partial charge in [0.2, 0.25) is 0 Å². The van der Waals surface area contributed by atoms with Crippen molar-refractivity contribution < 1.29 is 0 Å². The molecule has 0 aromatic rings. The molecule has 80 valence electrons. The first kappa shape index (κ1) is 11.6. The first-order valence-corrected chi connectivity index (χ1v) is 5.74. The largest absolute Gasteiger partial charge is 0.328 e. The third-order valence-corrected chi connectivity index (χ3v) is 2.93. The minimum absolute atomic E-state index is 0.246. The SMILES string of the molecule is C#CC(CCC)NC1CCCC(N)C1. The molecule has 0 radical (unpaired) electrons. The summed E-state index contributed by atoms with van der Waals surface area (Å²) in [6.45, 7) is 2.17. The van der Waals surface area contributed by atoms with Crippen LogP contribution in [0.4, 0.5) is 0 Å². The lowest BCUT2D eigenvalue weighted by Gasteiger charge is -2.29. The predicted octanol–water partition coefficient (Wildman–Crippen LogP) is 1.65. The van der Waals surface area contributed by atoms with Gasteiger partial charge in [-0.25, -0.2) is 0 Å². The third-order valence-electron chi connectivity index (χ3n) is 2.93. The molecule has 1 saturated carbocycles. The van der Waals surface area contributed by atoms with Gasteiger partial charge in [0.15, 0.2) is 0 Å². The van der Waals surface area contributed by atoms with E-state index in [4.69, 9.17) is 12.2 Å². The Labute approximate surface area is 87.6 Å². The first-order chi connectivity index (χ1) is 6.76. The lowest BCUT2D eigenvalue weighted by atomic mass is 9.91. The molecule has 2 nitrogen and oxygen atoms in total. The van der Waals surface area contributed by atoms with Crippen LogP contribution < -0.4 is 11.1 Å². The smallest absolute Gasteiger partial charge is 0.0688 e. The van der Waals surface area contributed by atoms with E-state index in [2.05, 4.69) is 18.2 Å². The van der Waals surface area contributed by atoms with Crippen molar-refractivity contribution in [3.05, 3.63) is 0 Å². The summed E-state index contributed by atoms with van der Waals surface area (Å²) in [6.07, 6.45) is 12.4. The van der Waals surface area contributed by atoms with E-state index in [0.717, 1.165) is 19.3 Å². The van der Waals surface area contributed by atoms with Crippen molar-refractivity contribution in [2.24, 2.45) is 5.73 Å². The van der Waals surface area contributed by atoms with Crippen molar-refractivity contribution in [3.8, 4) is 12.3 Å². The minimum atomic E-state index is 0.246. The Hall–Kier alpha value is -0.520.